The zero-order chi connectivity index (χ0) is 15.2. The Balaban J connectivity index is 2.12. The molecular weight excluding hydrogens is 305 g/mol. The maximum absolute atomic E-state index is 13.2. The molecule has 0 radical (unpaired) electrons. The van der Waals surface area contributed by atoms with Gasteiger partial charge in [0.25, 0.3) is 0 Å². The molecule has 2 rings (SSSR count). The molecule has 1 unspecified atom stereocenters. The van der Waals surface area contributed by atoms with E-state index in [0.29, 0.717) is 5.02 Å². The maximum atomic E-state index is 13.2. The van der Waals surface area contributed by atoms with E-state index in [1.54, 1.807) is 6.07 Å². The molecule has 0 fully saturated rings. The Morgan fingerprint density at radius 2 is 2.05 bits per heavy atom. The molecule has 0 aliphatic heterocycles. The first kappa shape index (κ1) is 16.3. The van der Waals surface area contributed by atoms with Crippen molar-refractivity contribution in [2.24, 2.45) is 0 Å². The molecule has 0 bridgehead atoms. The average molecular weight is 324 g/mol. The van der Waals surface area contributed by atoms with E-state index in [-0.39, 0.29) is 11.9 Å². The van der Waals surface area contributed by atoms with E-state index >= 15 is 0 Å². The summed E-state index contributed by atoms with van der Waals surface area (Å²) in [6, 6.07) is 12.9. The highest BCUT2D eigenvalue weighted by molar-refractivity contribution is 7.99. The smallest absolute Gasteiger partial charge is 0.124 e. The fourth-order valence-corrected chi connectivity index (χ4v) is 3.17. The van der Waals surface area contributed by atoms with Crippen LogP contribution in [0.4, 0.5) is 4.39 Å². The molecule has 0 aliphatic carbocycles. The second-order valence-electron chi connectivity index (χ2n) is 4.93. The molecule has 0 saturated carbocycles. The number of hydrogen-bond donors (Lipinski definition) is 1. The van der Waals surface area contributed by atoms with Crippen LogP contribution in [0.2, 0.25) is 5.02 Å². The lowest BCUT2D eigenvalue weighted by molar-refractivity contribution is 0.570. The Labute approximate surface area is 134 Å². The van der Waals surface area contributed by atoms with E-state index in [0.717, 1.165) is 28.3 Å². The van der Waals surface area contributed by atoms with Gasteiger partial charge >= 0.3 is 0 Å². The first-order chi connectivity index (χ1) is 10.1. The van der Waals surface area contributed by atoms with Gasteiger partial charge in [-0.25, -0.2) is 4.39 Å². The van der Waals surface area contributed by atoms with E-state index in [4.69, 9.17) is 11.6 Å². The first-order valence-corrected chi connectivity index (χ1v) is 8.26. The van der Waals surface area contributed by atoms with Crippen molar-refractivity contribution in [2.75, 3.05) is 6.54 Å². The van der Waals surface area contributed by atoms with E-state index in [9.17, 15) is 4.39 Å². The van der Waals surface area contributed by atoms with Crippen LogP contribution in [0.1, 0.15) is 31.9 Å². The van der Waals surface area contributed by atoms with Crippen molar-refractivity contribution in [2.45, 2.75) is 36.1 Å². The molecule has 2 aromatic rings. The van der Waals surface area contributed by atoms with E-state index < -0.39 is 0 Å². The van der Waals surface area contributed by atoms with Crippen molar-refractivity contribution in [3.8, 4) is 0 Å². The summed E-state index contributed by atoms with van der Waals surface area (Å²) in [4.78, 5) is 1.79. The van der Waals surface area contributed by atoms with Crippen molar-refractivity contribution in [3.63, 3.8) is 0 Å². The van der Waals surface area contributed by atoms with Gasteiger partial charge in [-0.2, -0.15) is 0 Å². The van der Waals surface area contributed by atoms with Crippen LogP contribution in [-0.4, -0.2) is 6.54 Å². The van der Waals surface area contributed by atoms with Gasteiger partial charge in [0.05, 0.1) is 5.02 Å². The fraction of sp³-hybridized carbons (Fsp3) is 0.294. The van der Waals surface area contributed by atoms with Crippen LogP contribution >= 0.6 is 23.4 Å². The van der Waals surface area contributed by atoms with Crippen LogP contribution in [0.3, 0.4) is 0 Å². The van der Waals surface area contributed by atoms with Gasteiger partial charge in [-0.1, -0.05) is 42.4 Å². The largest absolute Gasteiger partial charge is 0.310 e. The van der Waals surface area contributed by atoms with Crippen molar-refractivity contribution in [1.82, 2.24) is 5.32 Å². The SMILES string of the molecule is CCCNC(C)c1ccc(Sc2cccc(F)c2)c(Cl)c1. The second-order valence-corrected chi connectivity index (χ2v) is 6.45. The molecule has 0 saturated heterocycles. The lowest BCUT2D eigenvalue weighted by atomic mass is 10.1. The zero-order valence-corrected chi connectivity index (χ0v) is 13.8. The topological polar surface area (TPSA) is 12.0 Å². The predicted molar refractivity (Wildman–Crippen MR) is 88.7 cm³/mol. The minimum atomic E-state index is -0.231. The summed E-state index contributed by atoms with van der Waals surface area (Å²) in [5, 5.41) is 4.14. The third-order valence-electron chi connectivity index (χ3n) is 3.18. The Hall–Kier alpha value is -1.03. The Kier molecular flexibility index (Phi) is 6.09. The summed E-state index contributed by atoms with van der Waals surface area (Å²) in [6.45, 7) is 5.25. The summed E-state index contributed by atoms with van der Waals surface area (Å²) in [5.41, 5.74) is 1.16. The molecule has 1 N–H and O–H groups in total. The molecule has 112 valence electrons. The summed E-state index contributed by atoms with van der Waals surface area (Å²) < 4.78 is 13.2. The van der Waals surface area contributed by atoms with Crippen LogP contribution in [0.5, 0.6) is 0 Å². The summed E-state index contributed by atoms with van der Waals surface area (Å²) >= 11 is 7.83. The number of benzene rings is 2. The van der Waals surface area contributed by atoms with Gasteiger partial charge in [0.1, 0.15) is 5.82 Å². The quantitative estimate of drug-likeness (QED) is 0.732. The number of nitrogens with one attached hydrogen (secondary N) is 1. The molecule has 1 nitrogen and oxygen atoms in total. The molecule has 2 aromatic carbocycles. The Bertz CT molecular complexity index is 603. The van der Waals surface area contributed by atoms with E-state index in [1.807, 2.05) is 18.2 Å². The molecule has 0 aliphatic rings. The van der Waals surface area contributed by atoms with Crippen LogP contribution in [-0.2, 0) is 0 Å². The first-order valence-electron chi connectivity index (χ1n) is 7.06. The summed E-state index contributed by atoms with van der Waals surface area (Å²) in [7, 11) is 0. The van der Waals surface area contributed by atoms with Crippen LogP contribution in [0.25, 0.3) is 0 Å². The molecule has 21 heavy (non-hydrogen) atoms. The zero-order valence-electron chi connectivity index (χ0n) is 12.2. The molecule has 1 atom stereocenters. The third kappa shape index (κ3) is 4.73. The van der Waals surface area contributed by atoms with E-state index in [2.05, 4.69) is 25.2 Å². The van der Waals surface area contributed by atoms with E-state index in [1.165, 1.54) is 23.9 Å². The third-order valence-corrected chi connectivity index (χ3v) is 4.67. The lowest BCUT2D eigenvalue weighted by Gasteiger charge is -2.15. The number of halogens is 2. The van der Waals surface area contributed by atoms with Gasteiger partial charge in [0.2, 0.25) is 0 Å². The second kappa shape index (κ2) is 7.83. The molecule has 4 heteroatoms. The Morgan fingerprint density at radius 1 is 1.24 bits per heavy atom. The predicted octanol–water partition coefficient (Wildman–Crippen LogP) is 5.69. The molecule has 0 spiro atoms. The maximum Gasteiger partial charge on any atom is 0.124 e. The van der Waals surface area contributed by atoms with Crippen LogP contribution < -0.4 is 5.32 Å². The van der Waals surface area contributed by atoms with Crippen LogP contribution in [0.15, 0.2) is 52.3 Å². The van der Waals surface area contributed by atoms with Gasteiger partial charge < -0.3 is 5.32 Å². The monoisotopic (exact) mass is 323 g/mol. The van der Waals surface area contributed by atoms with Gasteiger partial charge in [-0.3, -0.25) is 0 Å². The summed E-state index contributed by atoms with van der Waals surface area (Å²) in [6.07, 6.45) is 1.10. The lowest BCUT2D eigenvalue weighted by Crippen LogP contribution is -2.19. The van der Waals surface area contributed by atoms with Gasteiger partial charge in [0, 0.05) is 15.8 Å². The highest BCUT2D eigenvalue weighted by Crippen LogP contribution is 2.34. The number of hydrogen-bond acceptors (Lipinski definition) is 2. The average Bonchev–Trinajstić information content (AvgIpc) is 2.47. The molecular formula is C17H19ClFNS. The fourth-order valence-electron chi connectivity index (χ4n) is 2.01. The van der Waals surface area contributed by atoms with Gasteiger partial charge in [0.15, 0.2) is 0 Å². The highest BCUT2D eigenvalue weighted by Gasteiger charge is 2.09. The molecule has 0 aromatic heterocycles. The normalized spacial score (nSPS) is 12.4. The summed E-state index contributed by atoms with van der Waals surface area (Å²) in [5.74, 6) is -0.231. The van der Waals surface area contributed by atoms with Gasteiger partial charge in [-0.15, -0.1) is 0 Å². The minimum Gasteiger partial charge on any atom is -0.310 e. The molecule has 0 amide bonds. The molecule has 0 heterocycles. The minimum absolute atomic E-state index is 0.231. The van der Waals surface area contributed by atoms with Crippen molar-refractivity contribution in [1.29, 1.82) is 0 Å². The number of rotatable bonds is 6. The standard InChI is InChI=1S/C17H19ClFNS/c1-3-9-20-12(2)13-7-8-17(16(18)10-13)21-15-6-4-5-14(19)11-15/h4-8,10-12,20H,3,9H2,1-2H3. The van der Waals surface area contributed by atoms with Crippen molar-refractivity contribution < 1.29 is 4.39 Å². The van der Waals surface area contributed by atoms with Crippen LogP contribution in [0, 0.1) is 5.82 Å². The van der Waals surface area contributed by atoms with Crippen molar-refractivity contribution in [3.05, 3.63) is 58.9 Å². The van der Waals surface area contributed by atoms with Crippen molar-refractivity contribution >= 4 is 23.4 Å². The van der Waals surface area contributed by atoms with Gasteiger partial charge in [-0.05, 0) is 55.8 Å². The Morgan fingerprint density at radius 3 is 2.71 bits per heavy atom. The highest BCUT2D eigenvalue weighted by atomic mass is 35.5.